The number of benzene rings is 3. The van der Waals surface area contributed by atoms with Crippen LogP contribution in [0.2, 0.25) is 0 Å². The topological polar surface area (TPSA) is 3.24 Å². The molecule has 0 saturated heterocycles. The molecule has 28 heavy (non-hydrogen) atoms. The van der Waals surface area contributed by atoms with E-state index in [2.05, 4.69) is 123 Å². The average molecular weight is 368 g/mol. The molecule has 0 amide bonds. The van der Waals surface area contributed by atoms with Crippen LogP contribution in [-0.4, -0.2) is 13.1 Å². The summed E-state index contributed by atoms with van der Waals surface area (Å²) < 4.78 is 0. The highest BCUT2D eigenvalue weighted by molar-refractivity contribution is 5.73. The van der Waals surface area contributed by atoms with Crippen molar-refractivity contribution < 1.29 is 0 Å². The zero-order valence-electron chi connectivity index (χ0n) is 17.1. The van der Waals surface area contributed by atoms with E-state index in [4.69, 9.17) is 0 Å². The molecule has 0 unspecified atom stereocenters. The van der Waals surface area contributed by atoms with Crippen LogP contribution >= 0.6 is 0 Å². The van der Waals surface area contributed by atoms with Gasteiger partial charge in [-0.2, -0.15) is 0 Å². The van der Waals surface area contributed by atoms with Gasteiger partial charge in [0, 0.05) is 18.8 Å². The molecule has 0 spiro atoms. The van der Waals surface area contributed by atoms with Gasteiger partial charge in [0.25, 0.3) is 0 Å². The van der Waals surface area contributed by atoms with Crippen LogP contribution in [-0.2, 0) is 0 Å². The molecule has 0 heterocycles. The summed E-state index contributed by atoms with van der Waals surface area (Å²) in [7, 11) is 0. The Morgan fingerprint density at radius 1 is 0.536 bits per heavy atom. The molecule has 1 heteroatoms. The summed E-state index contributed by atoms with van der Waals surface area (Å²) in [4.78, 5) is 2.36. The smallest absolute Gasteiger partial charge is 0.0366 e. The summed E-state index contributed by atoms with van der Waals surface area (Å²) in [6.45, 7) is 8.57. The van der Waals surface area contributed by atoms with Crippen LogP contribution in [0.1, 0.15) is 41.7 Å². The molecule has 1 nitrogen and oxygen atoms in total. The summed E-state index contributed by atoms with van der Waals surface area (Å²) >= 11 is 0. The minimum absolute atomic E-state index is 1.04. The molecule has 142 valence electrons. The lowest BCUT2D eigenvalue weighted by atomic mass is 10.1. The van der Waals surface area contributed by atoms with Crippen molar-refractivity contribution in [2.75, 3.05) is 18.0 Å². The Bertz CT molecular complexity index is 910. The maximum absolute atomic E-state index is 2.36. The van der Waals surface area contributed by atoms with Gasteiger partial charge in [-0.15, -0.1) is 0 Å². The van der Waals surface area contributed by atoms with E-state index < -0.39 is 0 Å². The van der Waals surface area contributed by atoms with E-state index >= 15 is 0 Å². The first kappa shape index (κ1) is 19.7. The molecule has 3 aromatic carbocycles. The molecule has 0 saturated carbocycles. The largest absolute Gasteiger partial charge is 0.372 e. The second kappa shape index (κ2) is 9.75. The van der Waals surface area contributed by atoms with Gasteiger partial charge in [-0.3, -0.25) is 0 Å². The number of nitrogens with zero attached hydrogens (tertiary/aromatic N) is 1. The van der Waals surface area contributed by atoms with E-state index in [-0.39, 0.29) is 0 Å². The second-order valence-corrected chi connectivity index (χ2v) is 7.01. The van der Waals surface area contributed by atoms with Crippen molar-refractivity contribution in [2.24, 2.45) is 0 Å². The quantitative estimate of drug-likeness (QED) is 0.400. The van der Waals surface area contributed by atoms with Gasteiger partial charge >= 0.3 is 0 Å². The van der Waals surface area contributed by atoms with E-state index in [0.29, 0.717) is 0 Å². The van der Waals surface area contributed by atoms with Crippen molar-refractivity contribution in [1.82, 2.24) is 0 Å². The zero-order valence-corrected chi connectivity index (χ0v) is 17.1. The first-order chi connectivity index (χ1) is 13.7. The lowest BCUT2D eigenvalue weighted by molar-refractivity contribution is 0.866. The molecule has 3 aromatic rings. The molecule has 0 aliphatic heterocycles. The van der Waals surface area contributed by atoms with E-state index in [0.717, 1.165) is 13.1 Å². The minimum atomic E-state index is 1.04. The number of aryl methyl sites for hydroxylation is 1. The van der Waals surface area contributed by atoms with Gasteiger partial charge in [-0.05, 0) is 55.2 Å². The average Bonchev–Trinajstić information content (AvgIpc) is 2.74. The van der Waals surface area contributed by atoms with Crippen molar-refractivity contribution in [3.8, 4) is 0 Å². The van der Waals surface area contributed by atoms with Crippen molar-refractivity contribution in [2.45, 2.75) is 20.8 Å². The van der Waals surface area contributed by atoms with Crippen LogP contribution in [0.15, 0.2) is 72.8 Å². The van der Waals surface area contributed by atoms with Gasteiger partial charge in [-0.1, -0.05) is 90.5 Å². The molecule has 0 aliphatic carbocycles. The molecule has 0 aliphatic rings. The molecule has 0 radical (unpaired) electrons. The highest BCUT2D eigenvalue weighted by Crippen LogP contribution is 2.17. The number of hydrogen-bond donors (Lipinski definition) is 0. The van der Waals surface area contributed by atoms with Gasteiger partial charge < -0.3 is 4.90 Å². The zero-order chi connectivity index (χ0) is 19.8. The first-order valence-electron chi connectivity index (χ1n) is 10.1. The summed E-state index contributed by atoms with van der Waals surface area (Å²) in [5, 5.41) is 0. The van der Waals surface area contributed by atoms with E-state index in [9.17, 15) is 0 Å². The lowest BCUT2D eigenvalue weighted by Crippen LogP contribution is -2.21. The number of rotatable bonds is 7. The fourth-order valence-corrected chi connectivity index (χ4v) is 3.17. The van der Waals surface area contributed by atoms with Crippen molar-refractivity contribution >= 4 is 30.0 Å². The summed E-state index contributed by atoms with van der Waals surface area (Å²) in [6, 6.07) is 26.0. The third-order valence-electron chi connectivity index (χ3n) is 4.97. The Balaban J connectivity index is 1.62. The van der Waals surface area contributed by atoms with Crippen molar-refractivity contribution in [3.63, 3.8) is 0 Å². The highest BCUT2D eigenvalue weighted by atomic mass is 15.1. The van der Waals surface area contributed by atoms with Crippen LogP contribution in [0.5, 0.6) is 0 Å². The van der Waals surface area contributed by atoms with Gasteiger partial charge in [0.2, 0.25) is 0 Å². The molecule has 0 atom stereocenters. The maximum Gasteiger partial charge on any atom is 0.0366 e. The van der Waals surface area contributed by atoms with Crippen LogP contribution in [0.25, 0.3) is 24.3 Å². The fraction of sp³-hybridized carbons (Fsp3) is 0.185. The fourth-order valence-electron chi connectivity index (χ4n) is 3.17. The van der Waals surface area contributed by atoms with Crippen molar-refractivity contribution in [1.29, 1.82) is 0 Å². The third-order valence-corrected chi connectivity index (χ3v) is 4.97. The number of anilines is 1. The van der Waals surface area contributed by atoms with Crippen LogP contribution in [0, 0.1) is 6.92 Å². The predicted octanol–water partition coefficient (Wildman–Crippen LogP) is 7.18. The predicted molar refractivity (Wildman–Crippen MR) is 125 cm³/mol. The summed E-state index contributed by atoms with van der Waals surface area (Å²) in [6.07, 6.45) is 8.65. The Hall–Kier alpha value is -3.06. The Labute approximate surface area is 169 Å². The Morgan fingerprint density at radius 3 is 1.21 bits per heavy atom. The van der Waals surface area contributed by atoms with E-state index in [1.54, 1.807) is 0 Å². The molecule has 3 rings (SSSR count). The highest BCUT2D eigenvalue weighted by Gasteiger charge is 2.00. The van der Waals surface area contributed by atoms with Crippen LogP contribution in [0.3, 0.4) is 0 Å². The second-order valence-electron chi connectivity index (χ2n) is 7.01. The minimum Gasteiger partial charge on any atom is -0.372 e. The summed E-state index contributed by atoms with van der Waals surface area (Å²) in [5.41, 5.74) is 7.44. The number of hydrogen-bond acceptors (Lipinski definition) is 1. The molecular formula is C27H29N. The SMILES string of the molecule is CCN(CC)c1ccc(C=Cc2ccc(C=Cc3ccc(C)cc3)cc2)cc1. The normalized spacial score (nSPS) is 11.4. The Kier molecular flexibility index (Phi) is 6.86. The summed E-state index contributed by atoms with van der Waals surface area (Å²) in [5.74, 6) is 0. The monoisotopic (exact) mass is 367 g/mol. The van der Waals surface area contributed by atoms with Crippen LogP contribution in [0.4, 0.5) is 5.69 Å². The molecule has 0 N–H and O–H groups in total. The first-order valence-corrected chi connectivity index (χ1v) is 10.1. The van der Waals surface area contributed by atoms with Gasteiger partial charge in [0.05, 0.1) is 0 Å². The standard InChI is InChI=1S/C27H29N/c1-4-28(5-2)27-20-18-26(19-21-27)17-16-25-14-12-24(13-15-25)11-10-23-8-6-22(3)7-9-23/h6-21H,4-5H2,1-3H3. The van der Waals surface area contributed by atoms with Crippen molar-refractivity contribution in [3.05, 3.63) is 101 Å². The van der Waals surface area contributed by atoms with Crippen LogP contribution < -0.4 is 4.90 Å². The van der Waals surface area contributed by atoms with E-state index in [1.807, 2.05) is 0 Å². The Morgan fingerprint density at radius 2 is 0.857 bits per heavy atom. The van der Waals surface area contributed by atoms with E-state index in [1.165, 1.54) is 33.5 Å². The van der Waals surface area contributed by atoms with Gasteiger partial charge in [-0.25, -0.2) is 0 Å². The lowest BCUT2D eigenvalue weighted by Gasteiger charge is -2.20. The molecular weight excluding hydrogens is 338 g/mol. The molecule has 0 bridgehead atoms. The molecule has 0 fully saturated rings. The third kappa shape index (κ3) is 5.47. The molecule has 0 aromatic heterocycles. The van der Waals surface area contributed by atoms with Gasteiger partial charge in [0.15, 0.2) is 0 Å². The van der Waals surface area contributed by atoms with Gasteiger partial charge in [0.1, 0.15) is 0 Å². The maximum atomic E-state index is 2.36.